The summed E-state index contributed by atoms with van der Waals surface area (Å²) < 4.78 is 11.2. The molecule has 0 aliphatic heterocycles. The van der Waals surface area contributed by atoms with Crippen molar-refractivity contribution in [3.05, 3.63) is 50.5 Å². The minimum Gasteiger partial charge on any atom is -0.504 e. The quantitative estimate of drug-likeness (QED) is 0.525. The third-order valence-electron chi connectivity index (χ3n) is 3.53. The molecule has 2 aromatic rings. The molecule has 2 aromatic carbocycles. The fourth-order valence-corrected chi connectivity index (χ4v) is 2.82. The minimum absolute atomic E-state index is 0.0289. The average molecular weight is 442 g/mol. The van der Waals surface area contributed by atoms with Crippen molar-refractivity contribution in [2.24, 2.45) is 5.10 Å². The number of hydrogen-bond donors (Lipinski definition) is 2. The first kappa shape index (κ1) is 20.1. The third-order valence-corrected chi connectivity index (χ3v) is 5.10. The zero-order chi connectivity index (χ0) is 19.3. The maximum atomic E-state index is 11.9. The van der Waals surface area contributed by atoms with Gasteiger partial charge in [0, 0.05) is 5.02 Å². The van der Waals surface area contributed by atoms with E-state index in [0.29, 0.717) is 26.6 Å². The molecule has 8 heteroatoms. The first-order valence-electron chi connectivity index (χ1n) is 7.60. The highest BCUT2D eigenvalue weighted by Gasteiger charge is 2.12. The van der Waals surface area contributed by atoms with Crippen molar-refractivity contribution < 1.29 is 19.4 Å². The summed E-state index contributed by atoms with van der Waals surface area (Å²) in [7, 11) is 1.45. The van der Waals surface area contributed by atoms with Crippen LogP contribution in [0.25, 0.3) is 0 Å². The molecule has 138 valence electrons. The Bertz CT molecular complexity index is 856. The highest BCUT2D eigenvalue weighted by Crippen LogP contribution is 2.35. The average Bonchev–Trinajstić information content (AvgIpc) is 2.63. The molecule has 0 aliphatic rings. The number of nitrogens with one attached hydrogen (secondary N) is 1. The predicted molar refractivity (Wildman–Crippen MR) is 105 cm³/mol. The van der Waals surface area contributed by atoms with Crippen LogP contribution in [0.3, 0.4) is 0 Å². The van der Waals surface area contributed by atoms with E-state index in [0.717, 1.165) is 11.1 Å². The van der Waals surface area contributed by atoms with Crippen LogP contribution in [0.4, 0.5) is 0 Å². The summed E-state index contributed by atoms with van der Waals surface area (Å²) in [6.07, 6.45) is 1.44. The molecule has 0 saturated heterocycles. The van der Waals surface area contributed by atoms with Gasteiger partial charge in [0.05, 0.1) is 17.8 Å². The summed E-state index contributed by atoms with van der Waals surface area (Å²) in [5, 5.41) is 14.0. The molecule has 26 heavy (non-hydrogen) atoms. The van der Waals surface area contributed by atoms with Crippen LogP contribution < -0.4 is 14.9 Å². The Kier molecular flexibility index (Phi) is 6.88. The number of phenolic OH excluding ortho intramolecular Hbond substituents is 1. The summed E-state index contributed by atoms with van der Waals surface area (Å²) in [6, 6.07) is 6.48. The van der Waals surface area contributed by atoms with Gasteiger partial charge in [0.15, 0.2) is 18.1 Å². The minimum atomic E-state index is -0.413. The molecule has 2 N–H and O–H groups in total. The lowest BCUT2D eigenvalue weighted by atomic mass is 10.1. The molecular weight excluding hydrogens is 424 g/mol. The van der Waals surface area contributed by atoms with E-state index in [9.17, 15) is 9.90 Å². The fraction of sp³-hybridized carbons (Fsp3) is 0.222. The Morgan fingerprint density at radius 3 is 2.77 bits per heavy atom. The summed E-state index contributed by atoms with van der Waals surface area (Å²) in [4.78, 5) is 11.9. The lowest BCUT2D eigenvalue weighted by molar-refractivity contribution is -0.123. The number of phenols is 1. The van der Waals surface area contributed by atoms with E-state index < -0.39 is 5.91 Å². The van der Waals surface area contributed by atoms with Gasteiger partial charge in [-0.2, -0.15) is 5.10 Å². The van der Waals surface area contributed by atoms with Gasteiger partial charge in [0.25, 0.3) is 5.91 Å². The number of carbonyl (C=O) groups excluding carboxylic acids is 1. The van der Waals surface area contributed by atoms with Crippen LogP contribution in [0.15, 0.2) is 33.8 Å². The number of rotatable bonds is 6. The Labute approximate surface area is 164 Å². The van der Waals surface area contributed by atoms with Gasteiger partial charge in [-0.3, -0.25) is 4.79 Å². The number of halogens is 2. The molecule has 6 nitrogen and oxygen atoms in total. The smallest absolute Gasteiger partial charge is 0.277 e. The van der Waals surface area contributed by atoms with E-state index >= 15 is 0 Å². The zero-order valence-corrected chi connectivity index (χ0v) is 16.8. The molecule has 0 aliphatic carbocycles. The molecule has 0 saturated carbocycles. The predicted octanol–water partition coefficient (Wildman–Crippen LogP) is 3.96. The van der Waals surface area contributed by atoms with Crippen LogP contribution in [0, 0.1) is 13.8 Å². The molecule has 0 bridgehead atoms. The Morgan fingerprint density at radius 1 is 1.35 bits per heavy atom. The Morgan fingerprint density at radius 2 is 2.08 bits per heavy atom. The van der Waals surface area contributed by atoms with Crippen molar-refractivity contribution in [3.63, 3.8) is 0 Å². The summed E-state index contributed by atoms with van der Waals surface area (Å²) >= 11 is 9.58. The molecule has 0 aromatic heterocycles. The SMILES string of the molecule is COc1cc(/C=N/NC(=O)COc2cc(C)c(Cl)c(C)c2Br)ccc1O. The first-order valence-corrected chi connectivity index (χ1v) is 8.77. The second kappa shape index (κ2) is 8.91. The van der Waals surface area contributed by atoms with Crippen molar-refractivity contribution in [2.75, 3.05) is 13.7 Å². The van der Waals surface area contributed by atoms with Crippen LogP contribution in [0.1, 0.15) is 16.7 Å². The number of hydrazone groups is 1. The standard InChI is InChI=1S/C18H18BrClN2O4/c1-10-6-15(17(19)11(2)18(10)20)26-9-16(24)22-21-8-12-4-5-13(23)14(7-12)25-3/h4-8,23H,9H2,1-3H3,(H,22,24)/b21-8+. The number of benzene rings is 2. The van der Waals surface area contributed by atoms with Crippen molar-refractivity contribution >= 4 is 39.7 Å². The van der Waals surface area contributed by atoms with Gasteiger partial charge in [0.1, 0.15) is 5.75 Å². The van der Waals surface area contributed by atoms with Gasteiger partial charge >= 0.3 is 0 Å². The van der Waals surface area contributed by atoms with Crippen molar-refractivity contribution in [2.45, 2.75) is 13.8 Å². The maximum absolute atomic E-state index is 11.9. The first-order chi connectivity index (χ1) is 12.3. The monoisotopic (exact) mass is 440 g/mol. The van der Waals surface area contributed by atoms with Gasteiger partial charge in [-0.15, -0.1) is 0 Å². The van der Waals surface area contributed by atoms with E-state index in [4.69, 9.17) is 21.1 Å². The number of hydrogen-bond acceptors (Lipinski definition) is 5. The molecule has 0 radical (unpaired) electrons. The zero-order valence-electron chi connectivity index (χ0n) is 14.5. The maximum Gasteiger partial charge on any atom is 0.277 e. The lowest BCUT2D eigenvalue weighted by Crippen LogP contribution is -2.24. The molecular formula is C18H18BrClN2O4. The number of aromatic hydroxyl groups is 1. The van der Waals surface area contributed by atoms with Crippen LogP contribution in [-0.2, 0) is 4.79 Å². The van der Waals surface area contributed by atoms with Crippen molar-refractivity contribution in [3.8, 4) is 17.2 Å². The van der Waals surface area contributed by atoms with Gasteiger partial charge in [-0.25, -0.2) is 5.43 Å². The number of ether oxygens (including phenoxy) is 2. The highest BCUT2D eigenvalue weighted by molar-refractivity contribution is 9.10. The van der Waals surface area contributed by atoms with E-state index in [2.05, 4.69) is 26.5 Å². The van der Waals surface area contributed by atoms with E-state index in [1.165, 1.54) is 19.4 Å². The Hall–Kier alpha value is -2.25. The molecule has 0 spiro atoms. The van der Waals surface area contributed by atoms with Crippen LogP contribution >= 0.6 is 27.5 Å². The van der Waals surface area contributed by atoms with E-state index in [1.807, 2.05) is 13.8 Å². The lowest BCUT2D eigenvalue weighted by Gasteiger charge is -2.12. The number of amides is 1. The van der Waals surface area contributed by atoms with E-state index in [1.54, 1.807) is 18.2 Å². The summed E-state index contributed by atoms with van der Waals surface area (Å²) in [5.74, 6) is 0.471. The molecule has 0 fully saturated rings. The molecule has 2 rings (SSSR count). The topological polar surface area (TPSA) is 80.2 Å². The van der Waals surface area contributed by atoms with Gasteiger partial charge in [-0.1, -0.05) is 11.6 Å². The second-order valence-corrected chi connectivity index (χ2v) is 6.63. The summed E-state index contributed by atoms with van der Waals surface area (Å²) in [6.45, 7) is 3.53. The van der Waals surface area contributed by atoms with Crippen LogP contribution in [-0.4, -0.2) is 30.9 Å². The molecule has 1 amide bonds. The van der Waals surface area contributed by atoms with Crippen LogP contribution in [0.5, 0.6) is 17.2 Å². The molecule has 0 atom stereocenters. The highest BCUT2D eigenvalue weighted by atomic mass is 79.9. The van der Waals surface area contributed by atoms with Gasteiger partial charge in [-0.05, 0) is 70.7 Å². The number of methoxy groups -OCH3 is 1. The third kappa shape index (κ3) is 4.89. The van der Waals surface area contributed by atoms with Gasteiger partial charge < -0.3 is 14.6 Å². The van der Waals surface area contributed by atoms with Gasteiger partial charge in [0.2, 0.25) is 0 Å². The number of carbonyl (C=O) groups is 1. The van der Waals surface area contributed by atoms with Crippen molar-refractivity contribution in [1.82, 2.24) is 5.43 Å². The van der Waals surface area contributed by atoms with Crippen LogP contribution in [0.2, 0.25) is 5.02 Å². The number of nitrogens with zero attached hydrogens (tertiary/aromatic N) is 1. The Balaban J connectivity index is 1.94. The van der Waals surface area contributed by atoms with Crippen molar-refractivity contribution in [1.29, 1.82) is 0 Å². The normalized spacial score (nSPS) is 10.8. The fourth-order valence-electron chi connectivity index (χ4n) is 2.13. The second-order valence-electron chi connectivity index (χ2n) is 5.46. The number of aryl methyl sites for hydroxylation is 1. The largest absolute Gasteiger partial charge is 0.504 e. The molecule has 0 unspecified atom stereocenters. The molecule has 0 heterocycles. The summed E-state index contributed by atoms with van der Waals surface area (Å²) in [5.41, 5.74) is 4.75. The van der Waals surface area contributed by atoms with E-state index in [-0.39, 0.29) is 12.4 Å².